The number of hydrogen-bond donors (Lipinski definition) is 0. The summed E-state index contributed by atoms with van der Waals surface area (Å²) in [7, 11) is -3.15. The van der Waals surface area contributed by atoms with E-state index in [1.54, 1.807) is 0 Å². The molecule has 1 heterocycles. The molecule has 0 bridgehead atoms. The van der Waals surface area contributed by atoms with Crippen LogP contribution in [0.4, 0.5) is 0 Å². The van der Waals surface area contributed by atoms with Gasteiger partial charge in [-0.2, -0.15) is 0 Å². The van der Waals surface area contributed by atoms with Gasteiger partial charge >= 0.3 is 297 Å². The minimum atomic E-state index is -3.15. The Morgan fingerprint density at radius 2 is 0.836 bits per heavy atom. The molecule has 0 atom stereocenters. The number of fused-ring (bicyclic) bond motifs is 5. The molecule has 1 aliphatic carbocycles. The minimum absolute atomic E-state index is 0.189. The van der Waals surface area contributed by atoms with E-state index in [0.717, 1.165) is 15.9 Å². The molecule has 0 aromatic heterocycles. The van der Waals surface area contributed by atoms with Gasteiger partial charge in [0.25, 0.3) is 0 Å². The summed E-state index contributed by atoms with van der Waals surface area (Å²) in [4.78, 5) is 0. The van der Waals surface area contributed by atoms with Crippen LogP contribution >= 0.6 is 27.0 Å². The van der Waals surface area contributed by atoms with Crippen molar-refractivity contribution in [2.75, 3.05) is 0 Å². The van der Waals surface area contributed by atoms with Gasteiger partial charge in [-0.1, -0.05) is 36.4 Å². The molecular formula is C52H40IOP. The van der Waals surface area contributed by atoms with E-state index in [2.05, 4.69) is 159 Å². The van der Waals surface area contributed by atoms with E-state index in [1.807, 2.05) is 60.7 Å². The third-order valence-electron chi connectivity index (χ3n) is 11.8. The fraction of sp³-hybridized carbons (Fsp3) is 0.0769. The van der Waals surface area contributed by atoms with E-state index in [4.69, 9.17) is 0 Å². The first-order valence-electron chi connectivity index (χ1n) is 18.9. The molecule has 10 rings (SSSR count). The second-order valence-electron chi connectivity index (χ2n) is 15.0. The van der Waals surface area contributed by atoms with Gasteiger partial charge in [-0.3, -0.25) is 0 Å². The SMILES string of the molecule is CC1(C)c2ccccc2I(c2ccccc2)c2ccc(C3(c4ccc(P(=O)(c5ccccc5)c5ccccc5)cc4)c4ccccc4-c4ccccc43)cc21. The average molecular weight is 839 g/mol. The predicted octanol–water partition coefficient (Wildman–Crippen LogP) is 11.7. The van der Waals surface area contributed by atoms with Gasteiger partial charge < -0.3 is 0 Å². The topological polar surface area (TPSA) is 17.1 Å². The molecule has 1 aliphatic heterocycles. The Bertz CT molecular complexity index is 2670. The molecule has 8 aromatic carbocycles. The molecule has 0 amide bonds. The molecule has 1 nitrogen and oxygen atoms in total. The van der Waals surface area contributed by atoms with Crippen LogP contribution in [0.15, 0.2) is 206 Å². The summed E-state index contributed by atoms with van der Waals surface area (Å²) in [5, 5.41) is 2.52. The molecule has 3 heteroatoms. The molecule has 0 fully saturated rings. The number of hydrogen-bond acceptors (Lipinski definition) is 1. The van der Waals surface area contributed by atoms with Gasteiger partial charge in [-0.25, -0.2) is 0 Å². The quantitative estimate of drug-likeness (QED) is 0.120. The molecule has 0 saturated heterocycles. The molecule has 0 radical (unpaired) electrons. The van der Waals surface area contributed by atoms with Crippen LogP contribution in [0.25, 0.3) is 11.1 Å². The normalized spacial score (nSPS) is 15.3. The Morgan fingerprint density at radius 1 is 0.400 bits per heavy atom. The zero-order chi connectivity index (χ0) is 37.2. The van der Waals surface area contributed by atoms with Gasteiger partial charge in [0.2, 0.25) is 0 Å². The summed E-state index contributed by atoms with van der Waals surface area (Å²) < 4.78 is 20.0. The second kappa shape index (κ2) is 13.2. The fourth-order valence-corrected chi connectivity index (χ4v) is 18.9. The Labute approximate surface area is 331 Å². The first kappa shape index (κ1) is 34.2. The number of rotatable bonds is 6. The first-order valence-corrected chi connectivity index (χ1v) is 23.9. The fourth-order valence-electron chi connectivity index (χ4n) is 9.23. The van der Waals surface area contributed by atoms with Crippen molar-refractivity contribution in [3.8, 4) is 11.1 Å². The van der Waals surface area contributed by atoms with Crippen LogP contribution < -0.4 is 15.9 Å². The van der Waals surface area contributed by atoms with Crippen molar-refractivity contribution in [3.63, 3.8) is 0 Å². The molecule has 0 spiro atoms. The zero-order valence-corrected chi connectivity index (χ0v) is 33.9. The third kappa shape index (κ3) is 5.08. The molecule has 8 aromatic rings. The van der Waals surface area contributed by atoms with Gasteiger partial charge in [0, 0.05) is 0 Å². The second-order valence-corrected chi connectivity index (χ2v) is 23.0. The summed E-state index contributed by atoms with van der Waals surface area (Å²) in [6.07, 6.45) is 0. The van der Waals surface area contributed by atoms with Crippen molar-refractivity contribution in [1.29, 1.82) is 0 Å². The Morgan fingerprint density at radius 3 is 1.42 bits per heavy atom. The van der Waals surface area contributed by atoms with Gasteiger partial charge in [0.05, 0.1) is 0 Å². The summed E-state index contributed by atoms with van der Waals surface area (Å²) in [6.45, 7) is 4.82. The van der Waals surface area contributed by atoms with Gasteiger partial charge in [0.15, 0.2) is 0 Å². The van der Waals surface area contributed by atoms with Crippen molar-refractivity contribution in [2.45, 2.75) is 24.7 Å². The van der Waals surface area contributed by atoms with Crippen LogP contribution in [0.5, 0.6) is 0 Å². The molecule has 0 unspecified atom stereocenters. The average Bonchev–Trinajstić information content (AvgIpc) is 3.55. The van der Waals surface area contributed by atoms with Crippen LogP contribution in [-0.4, -0.2) is 0 Å². The van der Waals surface area contributed by atoms with Crippen LogP contribution in [-0.2, 0) is 15.4 Å². The van der Waals surface area contributed by atoms with Crippen molar-refractivity contribution >= 4 is 42.9 Å². The maximum absolute atomic E-state index is 15.5. The number of halogens is 1. The maximum atomic E-state index is 15.5. The van der Waals surface area contributed by atoms with Gasteiger partial charge in [0.1, 0.15) is 0 Å². The predicted molar refractivity (Wildman–Crippen MR) is 238 cm³/mol. The monoisotopic (exact) mass is 838 g/mol. The van der Waals surface area contributed by atoms with Crippen LogP contribution in [0.1, 0.15) is 47.2 Å². The van der Waals surface area contributed by atoms with Crippen LogP contribution in [0.2, 0.25) is 0 Å². The summed E-state index contributed by atoms with van der Waals surface area (Å²) >= 11 is -2.01. The Balaban J connectivity index is 1.23. The number of benzene rings is 8. The van der Waals surface area contributed by atoms with Crippen LogP contribution in [0.3, 0.4) is 0 Å². The first-order chi connectivity index (χ1) is 26.9. The van der Waals surface area contributed by atoms with E-state index in [-0.39, 0.29) is 5.41 Å². The van der Waals surface area contributed by atoms with Crippen molar-refractivity contribution in [3.05, 3.63) is 250 Å². The van der Waals surface area contributed by atoms with Gasteiger partial charge in [-0.15, -0.1) is 0 Å². The molecule has 55 heavy (non-hydrogen) atoms. The summed E-state index contributed by atoms with van der Waals surface area (Å²) in [5.41, 5.74) is 9.63. The molecule has 266 valence electrons. The van der Waals surface area contributed by atoms with E-state index < -0.39 is 32.4 Å². The van der Waals surface area contributed by atoms with Crippen LogP contribution in [0, 0.1) is 10.7 Å². The molecular weight excluding hydrogens is 798 g/mol. The summed E-state index contributed by atoms with van der Waals surface area (Å²) in [6, 6.07) is 74.5. The van der Waals surface area contributed by atoms with E-state index in [0.29, 0.717) is 0 Å². The molecule has 0 N–H and O–H groups in total. The van der Waals surface area contributed by atoms with E-state index in [9.17, 15) is 0 Å². The molecule has 2 aliphatic rings. The molecule has 0 saturated carbocycles. The standard InChI is InChI=1S/C52H40IOP/c1-51(2)47-28-16-17-29-49(47)53(39-18-6-3-7-19-39)50-35-32-38(36-48(50)51)52(45-26-14-12-24-43(45)44-25-13-15-27-46(44)52)37-30-33-42(34-31-37)55(54,40-20-8-4-9-21-40)41-22-10-5-11-23-41/h3-36H,1-2H3. The Kier molecular flexibility index (Phi) is 8.21. The Hall–Kier alpha value is -5.28. The van der Waals surface area contributed by atoms with Crippen molar-refractivity contribution in [2.24, 2.45) is 0 Å². The zero-order valence-electron chi connectivity index (χ0n) is 30.9. The van der Waals surface area contributed by atoms with Crippen molar-refractivity contribution in [1.82, 2.24) is 0 Å². The van der Waals surface area contributed by atoms with Gasteiger partial charge in [-0.05, 0) is 0 Å². The van der Waals surface area contributed by atoms with E-state index >= 15 is 4.57 Å². The van der Waals surface area contributed by atoms with E-state index in [1.165, 1.54) is 55.2 Å². The van der Waals surface area contributed by atoms with Crippen molar-refractivity contribution < 1.29 is 4.57 Å². The summed E-state index contributed by atoms with van der Waals surface area (Å²) in [5.74, 6) is 0. The third-order valence-corrected chi connectivity index (χ3v) is 21.1.